The summed E-state index contributed by atoms with van der Waals surface area (Å²) in [6.07, 6.45) is 9.31. The summed E-state index contributed by atoms with van der Waals surface area (Å²) in [7, 11) is 0. The summed E-state index contributed by atoms with van der Waals surface area (Å²) in [5.41, 5.74) is -0.502. The zero-order valence-corrected chi connectivity index (χ0v) is 27.8. The third kappa shape index (κ3) is 5.53. The Hall–Kier alpha value is -3.75. The van der Waals surface area contributed by atoms with Crippen molar-refractivity contribution in [3.63, 3.8) is 0 Å². The number of ether oxygens (including phenoxy) is 1. The van der Waals surface area contributed by atoms with Gasteiger partial charge in [0.05, 0.1) is 30.1 Å². The van der Waals surface area contributed by atoms with Gasteiger partial charge in [0.2, 0.25) is 17.7 Å². The summed E-state index contributed by atoms with van der Waals surface area (Å²) in [6.45, 7) is 12.2. The van der Waals surface area contributed by atoms with Gasteiger partial charge in [-0.3, -0.25) is 14.4 Å². The first-order valence-electron chi connectivity index (χ1n) is 17.3. The molecule has 4 fully saturated rings. The van der Waals surface area contributed by atoms with Crippen LogP contribution in [0.25, 0.3) is 0 Å². The van der Waals surface area contributed by atoms with Crippen molar-refractivity contribution in [2.75, 3.05) is 24.6 Å². The first-order valence-corrected chi connectivity index (χ1v) is 17.3. The maximum Gasteiger partial charge on any atom is 0.248 e. The Kier molecular flexibility index (Phi) is 9.45. The van der Waals surface area contributed by atoms with Gasteiger partial charge in [-0.15, -0.1) is 13.2 Å². The third-order valence-electron chi connectivity index (χ3n) is 11.4. The van der Waals surface area contributed by atoms with Gasteiger partial charge in [0.25, 0.3) is 0 Å². The molecular formula is C39H49N3O5. The standard InChI is InChI=1S/C39H49N3O5/c1-5-22-40(29-18-12-8-13-19-29)35(44)32-33-36(45)42(31(26-43)24-28-16-10-7-11-17-28)34(39(33)25-27(3)38(32,4)47-39)37(46)41(23-6-2)30-20-14-9-15-21-30/h5-8,10-13,16-19,27,30-34,43H,1-2,9,14-15,20-26H2,3-4H3/t27?,31-,32-,33+,34?,38+,39?/m1/s1. The van der Waals surface area contributed by atoms with E-state index in [9.17, 15) is 9.90 Å². The van der Waals surface area contributed by atoms with E-state index in [-0.39, 0.29) is 42.8 Å². The van der Waals surface area contributed by atoms with E-state index in [2.05, 4.69) is 20.1 Å². The number of hydrogen-bond acceptors (Lipinski definition) is 5. The maximum absolute atomic E-state index is 15.1. The van der Waals surface area contributed by atoms with Gasteiger partial charge in [0.15, 0.2) is 0 Å². The highest BCUT2D eigenvalue weighted by Crippen LogP contribution is 2.66. The Labute approximate surface area is 279 Å². The van der Waals surface area contributed by atoms with Crippen LogP contribution in [0.1, 0.15) is 57.9 Å². The quantitative estimate of drug-likeness (QED) is 0.324. The number of para-hydroxylation sites is 1. The molecule has 7 atom stereocenters. The van der Waals surface area contributed by atoms with Gasteiger partial charge < -0.3 is 24.5 Å². The molecule has 3 amide bonds. The minimum Gasteiger partial charge on any atom is -0.394 e. The lowest BCUT2D eigenvalue weighted by Crippen LogP contribution is -2.60. The summed E-state index contributed by atoms with van der Waals surface area (Å²) in [5, 5.41) is 10.9. The maximum atomic E-state index is 15.1. The molecular weight excluding hydrogens is 590 g/mol. The largest absolute Gasteiger partial charge is 0.394 e. The van der Waals surface area contributed by atoms with Crippen molar-refractivity contribution in [2.45, 2.75) is 88.1 Å². The monoisotopic (exact) mass is 639 g/mol. The van der Waals surface area contributed by atoms with Gasteiger partial charge in [-0.2, -0.15) is 0 Å². The van der Waals surface area contributed by atoms with E-state index in [1.807, 2.05) is 72.5 Å². The fourth-order valence-corrected chi connectivity index (χ4v) is 9.20. The van der Waals surface area contributed by atoms with Gasteiger partial charge in [-0.05, 0) is 56.2 Å². The summed E-state index contributed by atoms with van der Waals surface area (Å²) in [4.78, 5) is 50.2. The molecule has 6 rings (SSSR count). The lowest BCUT2D eigenvalue weighted by atomic mass is 9.62. The molecule has 250 valence electrons. The van der Waals surface area contributed by atoms with Crippen molar-refractivity contribution in [1.82, 2.24) is 9.80 Å². The van der Waals surface area contributed by atoms with E-state index in [0.29, 0.717) is 25.1 Å². The number of aliphatic hydroxyl groups excluding tert-OH is 1. The number of nitrogens with zero attached hydrogens (tertiary/aromatic N) is 3. The van der Waals surface area contributed by atoms with Crippen LogP contribution in [0.15, 0.2) is 86.0 Å². The first-order chi connectivity index (χ1) is 22.7. The summed E-state index contributed by atoms with van der Waals surface area (Å²) in [5.74, 6) is -2.46. The Morgan fingerprint density at radius 2 is 1.64 bits per heavy atom. The molecule has 8 heteroatoms. The molecule has 0 radical (unpaired) electrons. The average molecular weight is 640 g/mol. The van der Waals surface area contributed by atoms with E-state index < -0.39 is 35.1 Å². The molecule has 3 aliphatic heterocycles. The van der Waals surface area contributed by atoms with Gasteiger partial charge in [0, 0.05) is 24.8 Å². The van der Waals surface area contributed by atoms with Crippen molar-refractivity contribution in [3.8, 4) is 0 Å². The number of amides is 3. The Balaban J connectivity index is 1.47. The number of carbonyl (C=O) groups is 3. The van der Waals surface area contributed by atoms with Crippen LogP contribution in [0, 0.1) is 17.8 Å². The molecule has 2 aromatic carbocycles. The smallest absolute Gasteiger partial charge is 0.248 e. The molecule has 3 heterocycles. The number of fused-ring (bicyclic) bond motifs is 1. The van der Waals surface area contributed by atoms with Crippen molar-refractivity contribution in [1.29, 1.82) is 0 Å². The second-order valence-corrected chi connectivity index (χ2v) is 14.1. The van der Waals surface area contributed by atoms with Crippen LogP contribution in [0.2, 0.25) is 0 Å². The lowest BCUT2D eigenvalue weighted by Gasteiger charge is -2.42. The number of hydrogen-bond donors (Lipinski definition) is 1. The average Bonchev–Trinajstić information content (AvgIpc) is 3.61. The van der Waals surface area contributed by atoms with Crippen LogP contribution >= 0.6 is 0 Å². The Morgan fingerprint density at radius 1 is 1.00 bits per heavy atom. The Morgan fingerprint density at radius 3 is 2.26 bits per heavy atom. The minimum atomic E-state index is -1.21. The summed E-state index contributed by atoms with van der Waals surface area (Å²) >= 11 is 0. The predicted octanol–water partition coefficient (Wildman–Crippen LogP) is 5.17. The van der Waals surface area contributed by atoms with Crippen LogP contribution in [-0.4, -0.2) is 81.7 Å². The molecule has 0 aromatic heterocycles. The van der Waals surface area contributed by atoms with Crippen LogP contribution in [0.3, 0.4) is 0 Å². The molecule has 1 aliphatic carbocycles. The van der Waals surface area contributed by atoms with Gasteiger partial charge in [0.1, 0.15) is 11.6 Å². The molecule has 3 unspecified atom stereocenters. The number of rotatable bonds is 12. The number of aliphatic hydroxyl groups is 1. The van der Waals surface area contributed by atoms with Crippen molar-refractivity contribution in [2.24, 2.45) is 17.8 Å². The van der Waals surface area contributed by atoms with E-state index in [1.165, 1.54) is 0 Å². The highest BCUT2D eigenvalue weighted by molar-refractivity contribution is 6.03. The zero-order valence-electron chi connectivity index (χ0n) is 27.8. The van der Waals surface area contributed by atoms with Gasteiger partial charge in [-0.1, -0.05) is 86.9 Å². The molecule has 8 nitrogen and oxygen atoms in total. The lowest BCUT2D eigenvalue weighted by molar-refractivity contribution is -0.157. The van der Waals surface area contributed by atoms with Gasteiger partial charge >= 0.3 is 0 Å². The molecule has 1 N–H and O–H groups in total. The number of benzene rings is 2. The molecule has 4 aliphatic rings. The van der Waals surface area contributed by atoms with Crippen molar-refractivity contribution >= 4 is 23.4 Å². The summed E-state index contributed by atoms with van der Waals surface area (Å²) in [6, 6.07) is 17.5. The zero-order chi connectivity index (χ0) is 33.3. The second-order valence-electron chi connectivity index (χ2n) is 14.1. The molecule has 3 saturated heterocycles. The highest BCUT2D eigenvalue weighted by atomic mass is 16.5. The summed E-state index contributed by atoms with van der Waals surface area (Å²) < 4.78 is 7.09. The first kappa shape index (κ1) is 33.2. The van der Waals surface area contributed by atoms with Crippen molar-refractivity contribution < 1.29 is 24.2 Å². The number of likely N-dealkylation sites (tertiary alicyclic amines) is 1. The molecule has 2 bridgehead atoms. The molecule has 47 heavy (non-hydrogen) atoms. The fraction of sp³-hybridized carbons (Fsp3) is 0.513. The van der Waals surface area contributed by atoms with E-state index >= 15 is 9.59 Å². The third-order valence-corrected chi connectivity index (χ3v) is 11.4. The van der Waals surface area contributed by atoms with E-state index in [4.69, 9.17) is 4.74 Å². The second kappa shape index (κ2) is 13.4. The van der Waals surface area contributed by atoms with Crippen LogP contribution < -0.4 is 4.90 Å². The molecule has 1 spiro atoms. The molecule has 1 saturated carbocycles. The normalized spacial score (nSPS) is 30.5. The van der Waals surface area contributed by atoms with Crippen LogP contribution in [0.4, 0.5) is 5.69 Å². The van der Waals surface area contributed by atoms with E-state index in [1.54, 1.807) is 22.0 Å². The number of anilines is 1. The van der Waals surface area contributed by atoms with E-state index in [0.717, 1.165) is 37.7 Å². The Bertz CT molecular complexity index is 1480. The number of carbonyl (C=O) groups excluding carboxylic acids is 3. The molecule has 2 aromatic rings. The van der Waals surface area contributed by atoms with Crippen LogP contribution in [-0.2, 0) is 25.5 Å². The highest BCUT2D eigenvalue weighted by Gasteiger charge is 2.80. The van der Waals surface area contributed by atoms with Gasteiger partial charge in [-0.25, -0.2) is 0 Å². The van der Waals surface area contributed by atoms with Crippen molar-refractivity contribution in [3.05, 3.63) is 91.5 Å². The SMILES string of the molecule is C=CCN(C(=O)[C@H]1[C@H]2C(=O)N([C@@H](CO)Cc3ccccc3)C(C(=O)N(CC=C)C3CCCCC3)C23CC(C)[C@]1(C)O3)c1ccccc1. The minimum absolute atomic E-state index is 0.0357. The fourth-order valence-electron chi connectivity index (χ4n) is 9.20. The van der Waals surface area contributed by atoms with Crippen LogP contribution in [0.5, 0.6) is 0 Å². The predicted molar refractivity (Wildman–Crippen MR) is 182 cm³/mol. The topological polar surface area (TPSA) is 90.4 Å².